The second-order valence-electron chi connectivity index (χ2n) is 5.93. The van der Waals surface area contributed by atoms with Crippen LogP contribution in [0.25, 0.3) is 0 Å². The molecule has 0 spiro atoms. The number of nitrogens with zero attached hydrogens (tertiary/aromatic N) is 1. The molecular formula is C21H29N3O4. The number of benzene rings is 2. The Bertz CT molecular complexity index is 738. The largest absolute Gasteiger partial charge is 0.497 e. The molecule has 3 N–H and O–H groups in total. The standard InChI is InChI=1S/C21H29N3O4/c1-4-22-21(23-12-13-28-16-8-6-5-7-9-16)24-15-19(25)18-14-17(26-2)10-11-20(18)27-3/h5-11,14,19,25H,4,12-13,15H2,1-3H3,(H2,22,23,24). The molecule has 2 rings (SSSR count). The zero-order valence-electron chi connectivity index (χ0n) is 16.6. The lowest BCUT2D eigenvalue weighted by molar-refractivity contribution is 0.182. The third-order valence-electron chi connectivity index (χ3n) is 3.97. The zero-order chi connectivity index (χ0) is 20.2. The van der Waals surface area contributed by atoms with E-state index in [1.54, 1.807) is 32.4 Å². The second-order valence-corrected chi connectivity index (χ2v) is 5.93. The van der Waals surface area contributed by atoms with E-state index in [0.717, 1.165) is 5.75 Å². The van der Waals surface area contributed by atoms with Gasteiger partial charge in [0, 0.05) is 12.1 Å². The molecule has 2 aromatic carbocycles. The van der Waals surface area contributed by atoms with E-state index in [1.165, 1.54) is 0 Å². The van der Waals surface area contributed by atoms with Crippen LogP contribution < -0.4 is 24.8 Å². The van der Waals surface area contributed by atoms with Crippen LogP contribution in [0.5, 0.6) is 17.2 Å². The minimum absolute atomic E-state index is 0.179. The maximum atomic E-state index is 10.6. The van der Waals surface area contributed by atoms with E-state index >= 15 is 0 Å². The summed E-state index contributed by atoms with van der Waals surface area (Å²) < 4.78 is 16.2. The Labute approximate surface area is 166 Å². The number of nitrogens with one attached hydrogen (secondary N) is 2. The van der Waals surface area contributed by atoms with Gasteiger partial charge in [0.2, 0.25) is 0 Å². The highest BCUT2D eigenvalue weighted by Gasteiger charge is 2.14. The van der Waals surface area contributed by atoms with Crippen LogP contribution in [0.15, 0.2) is 53.5 Å². The van der Waals surface area contributed by atoms with Crippen LogP contribution in [0.3, 0.4) is 0 Å². The van der Waals surface area contributed by atoms with Crippen LogP contribution in [-0.2, 0) is 0 Å². The molecule has 0 amide bonds. The molecule has 152 valence electrons. The molecule has 0 saturated heterocycles. The molecule has 0 radical (unpaired) electrons. The Hall–Kier alpha value is -2.93. The Morgan fingerprint density at radius 2 is 1.82 bits per heavy atom. The van der Waals surface area contributed by atoms with Crippen molar-refractivity contribution in [3.63, 3.8) is 0 Å². The maximum absolute atomic E-state index is 10.6. The average Bonchev–Trinajstić information content (AvgIpc) is 2.74. The van der Waals surface area contributed by atoms with Crippen LogP contribution in [0.2, 0.25) is 0 Å². The molecule has 1 unspecified atom stereocenters. The molecule has 0 saturated carbocycles. The first-order chi connectivity index (χ1) is 13.7. The average molecular weight is 387 g/mol. The van der Waals surface area contributed by atoms with E-state index in [-0.39, 0.29) is 6.54 Å². The Kier molecular flexibility index (Phi) is 8.94. The van der Waals surface area contributed by atoms with Crippen molar-refractivity contribution in [2.75, 3.05) is 40.5 Å². The lowest BCUT2D eigenvalue weighted by atomic mass is 10.1. The number of aliphatic hydroxyl groups excluding tert-OH is 1. The minimum Gasteiger partial charge on any atom is -0.497 e. The third kappa shape index (κ3) is 6.66. The van der Waals surface area contributed by atoms with Crippen LogP contribution in [0.4, 0.5) is 0 Å². The van der Waals surface area contributed by atoms with Crippen LogP contribution >= 0.6 is 0 Å². The summed E-state index contributed by atoms with van der Waals surface area (Å²) in [4.78, 5) is 4.46. The minimum atomic E-state index is -0.818. The summed E-state index contributed by atoms with van der Waals surface area (Å²) in [6.07, 6.45) is -0.818. The van der Waals surface area contributed by atoms with Gasteiger partial charge in [-0.1, -0.05) is 18.2 Å². The summed E-state index contributed by atoms with van der Waals surface area (Å²) in [5, 5.41) is 16.9. The number of rotatable bonds is 10. The lowest BCUT2D eigenvalue weighted by Crippen LogP contribution is -2.39. The number of aliphatic hydroxyl groups is 1. The second kappa shape index (κ2) is 11.7. The van der Waals surface area contributed by atoms with Gasteiger partial charge in [-0.25, -0.2) is 0 Å². The molecule has 0 aliphatic heterocycles. The van der Waals surface area contributed by atoms with Crippen molar-refractivity contribution in [2.45, 2.75) is 13.0 Å². The highest BCUT2D eigenvalue weighted by Crippen LogP contribution is 2.29. The molecule has 28 heavy (non-hydrogen) atoms. The summed E-state index contributed by atoms with van der Waals surface area (Å²) in [6, 6.07) is 15.0. The van der Waals surface area contributed by atoms with Gasteiger partial charge < -0.3 is 30.0 Å². The summed E-state index contributed by atoms with van der Waals surface area (Å²) in [7, 11) is 3.15. The van der Waals surface area contributed by atoms with Crippen molar-refractivity contribution < 1.29 is 19.3 Å². The topological polar surface area (TPSA) is 84.3 Å². The van der Waals surface area contributed by atoms with Crippen molar-refractivity contribution in [1.29, 1.82) is 0 Å². The molecule has 0 heterocycles. The van der Waals surface area contributed by atoms with Gasteiger partial charge in [-0.2, -0.15) is 0 Å². The predicted molar refractivity (Wildman–Crippen MR) is 110 cm³/mol. The first kappa shape index (κ1) is 21.4. The molecular weight excluding hydrogens is 358 g/mol. The van der Waals surface area contributed by atoms with E-state index in [0.29, 0.717) is 42.7 Å². The van der Waals surface area contributed by atoms with Crippen LogP contribution in [-0.4, -0.2) is 51.5 Å². The normalized spacial score (nSPS) is 12.2. The zero-order valence-corrected chi connectivity index (χ0v) is 16.6. The fourth-order valence-electron chi connectivity index (χ4n) is 2.57. The van der Waals surface area contributed by atoms with Gasteiger partial charge in [-0.3, -0.25) is 4.99 Å². The molecule has 0 aromatic heterocycles. The number of ether oxygens (including phenoxy) is 3. The van der Waals surface area contributed by atoms with Crippen molar-refractivity contribution in [1.82, 2.24) is 10.6 Å². The highest BCUT2D eigenvalue weighted by molar-refractivity contribution is 5.79. The number of hydrogen-bond donors (Lipinski definition) is 3. The number of guanidine groups is 1. The molecule has 0 bridgehead atoms. The van der Waals surface area contributed by atoms with Crippen molar-refractivity contribution in [2.24, 2.45) is 4.99 Å². The SMILES string of the molecule is CCNC(=NCC(O)c1cc(OC)ccc1OC)NCCOc1ccccc1. The molecule has 1 atom stereocenters. The van der Waals surface area contributed by atoms with Crippen LogP contribution in [0.1, 0.15) is 18.6 Å². The summed E-state index contributed by atoms with van der Waals surface area (Å²) in [6.45, 7) is 3.96. The van der Waals surface area contributed by atoms with E-state index in [1.807, 2.05) is 37.3 Å². The first-order valence-electron chi connectivity index (χ1n) is 9.28. The Morgan fingerprint density at radius 1 is 1.04 bits per heavy atom. The van der Waals surface area contributed by atoms with E-state index in [9.17, 15) is 5.11 Å². The van der Waals surface area contributed by atoms with Gasteiger partial charge in [0.25, 0.3) is 0 Å². The maximum Gasteiger partial charge on any atom is 0.191 e. The number of para-hydroxylation sites is 1. The van der Waals surface area contributed by atoms with E-state index < -0.39 is 6.10 Å². The number of hydrogen-bond acceptors (Lipinski definition) is 5. The fourth-order valence-corrected chi connectivity index (χ4v) is 2.57. The third-order valence-corrected chi connectivity index (χ3v) is 3.97. The quantitative estimate of drug-likeness (QED) is 0.330. The fraction of sp³-hybridized carbons (Fsp3) is 0.381. The first-order valence-corrected chi connectivity index (χ1v) is 9.28. The van der Waals surface area contributed by atoms with Gasteiger partial charge in [-0.05, 0) is 37.3 Å². The molecule has 0 fully saturated rings. The van der Waals surface area contributed by atoms with E-state index in [2.05, 4.69) is 15.6 Å². The smallest absolute Gasteiger partial charge is 0.191 e. The summed E-state index contributed by atoms with van der Waals surface area (Å²) in [5.41, 5.74) is 0.633. The summed E-state index contributed by atoms with van der Waals surface area (Å²) in [5.74, 6) is 2.69. The summed E-state index contributed by atoms with van der Waals surface area (Å²) >= 11 is 0. The van der Waals surface area contributed by atoms with Crippen molar-refractivity contribution in [3.05, 3.63) is 54.1 Å². The predicted octanol–water partition coefficient (Wildman–Crippen LogP) is 2.37. The monoisotopic (exact) mass is 387 g/mol. The Balaban J connectivity index is 1.92. The highest BCUT2D eigenvalue weighted by atomic mass is 16.5. The molecule has 0 aliphatic carbocycles. The number of aliphatic imine (C=N–C) groups is 1. The van der Waals surface area contributed by atoms with Crippen molar-refractivity contribution in [3.8, 4) is 17.2 Å². The van der Waals surface area contributed by atoms with Gasteiger partial charge >= 0.3 is 0 Å². The van der Waals surface area contributed by atoms with Gasteiger partial charge in [0.1, 0.15) is 30.0 Å². The van der Waals surface area contributed by atoms with Crippen molar-refractivity contribution >= 4 is 5.96 Å². The van der Waals surface area contributed by atoms with Gasteiger partial charge in [0.15, 0.2) is 5.96 Å². The van der Waals surface area contributed by atoms with Gasteiger partial charge in [0.05, 0.1) is 27.3 Å². The van der Waals surface area contributed by atoms with Gasteiger partial charge in [-0.15, -0.1) is 0 Å². The van der Waals surface area contributed by atoms with E-state index in [4.69, 9.17) is 14.2 Å². The number of methoxy groups -OCH3 is 2. The van der Waals surface area contributed by atoms with Crippen LogP contribution in [0, 0.1) is 0 Å². The molecule has 2 aromatic rings. The molecule has 7 heteroatoms. The Morgan fingerprint density at radius 3 is 2.50 bits per heavy atom. The molecule has 0 aliphatic rings. The molecule has 7 nitrogen and oxygen atoms in total. The lowest BCUT2D eigenvalue weighted by Gasteiger charge is -2.16.